The molecule has 2 aromatic heterocycles. The Bertz CT molecular complexity index is 1150. The van der Waals surface area contributed by atoms with E-state index in [1.807, 2.05) is 24.5 Å². The van der Waals surface area contributed by atoms with Crippen molar-refractivity contribution in [1.82, 2.24) is 14.9 Å². The van der Waals surface area contributed by atoms with E-state index in [0.29, 0.717) is 5.69 Å². The third-order valence-corrected chi connectivity index (χ3v) is 5.68. The van der Waals surface area contributed by atoms with Crippen molar-refractivity contribution in [2.75, 3.05) is 37.7 Å². The maximum Gasteiger partial charge on any atom is 0.490 e. The fourth-order valence-electron chi connectivity index (χ4n) is 4.01. The second-order valence-electron chi connectivity index (χ2n) is 8.72. The molecule has 40 heavy (non-hydrogen) atoms. The third kappa shape index (κ3) is 10.3. The minimum absolute atomic E-state index is 0.159. The smallest absolute Gasteiger partial charge is 0.475 e. The predicted octanol–water partition coefficient (Wildman–Crippen LogP) is 3.49. The Morgan fingerprint density at radius 2 is 1.60 bits per heavy atom. The molecule has 2 saturated heterocycles. The molecule has 2 aromatic rings. The maximum absolute atomic E-state index is 10.6. The van der Waals surface area contributed by atoms with Crippen molar-refractivity contribution < 1.29 is 50.9 Å². The molecule has 2 fully saturated rings. The fourth-order valence-corrected chi connectivity index (χ4v) is 4.01. The zero-order valence-electron chi connectivity index (χ0n) is 20.8. The Morgan fingerprint density at radius 3 is 2.15 bits per heavy atom. The summed E-state index contributed by atoms with van der Waals surface area (Å²) in [7, 11) is 0. The van der Waals surface area contributed by atoms with Crippen molar-refractivity contribution in [2.45, 2.75) is 37.3 Å². The predicted molar refractivity (Wildman–Crippen MR) is 126 cm³/mol. The molecule has 0 aromatic carbocycles. The van der Waals surface area contributed by atoms with Gasteiger partial charge in [0, 0.05) is 45.1 Å². The van der Waals surface area contributed by atoms with Crippen LogP contribution in [0.3, 0.4) is 0 Å². The van der Waals surface area contributed by atoms with Gasteiger partial charge in [-0.1, -0.05) is 6.07 Å². The van der Waals surface area contributed by atoms with Crippen LogP contribution in [0.2, 0.25) is 0 Å². The summed E-state index contributed by atoms with van der Waals surface area (Å²) in [5, 5.41) is 23.4. The van der Waals surface area contributed by atoms with Gasteiger partial charge in [0.05, 0.1) is 12.2 Å². The van der Waals surface area contributed by atoms with Crippen LogP contribution in [-0.4, -0.2) is 87.8 Å². The van der Waals surface area contributed by atoms with Gasteiger partial charge in [0.15, 0.2) is 0 Å². The number of carboxylic acids is 2. The van der Waals surface area contributed by atoms with E-state index >= 15 is 0 Å². The van der Waals surface area contributed by atoms with Crippen molar-refractivity contribution in [1.29, 1.82) is 5.26 Å². The molecule has 0 radical (unpaired) electrons. The summed E-state index contributed by atoms with van der Waals surface area (Å²) in [6.45, 7) is 5.33. The van der Waals surface area contributed by atoms with Gasteiger partial charge in [-0.25, -0.2) is 14.6 Å². The standard InChI is InChI=1S/C20H23N5O.2C2HF3O2/c21-13-18-3-1-4-19(23-18)25-10-2-7-20(16-25)15-24(11-12-26-20)14-17-5-8-22-9-6-17;2*3-2(4,5)1(6)7/h1,3-6,8-9H,2,7,10-12,14-16H2;2*(H,6,7). The maximum atomic E-state index is 10.6. The first-order chi connectivity index (χ1) is 18.6. The lowest BCUT2D eigenvalue weighted by Crippen LogP contribution is -2.59. The van der Waals surface area contributed by atoms with Gasteiger partial charge in [0.1, 0.15) is 17.6 Å². The van der Waals surface area contributed by atoms with E-state index in [2.05, 4.69) is 38.0 Å². The number of nitrogens with zero attached hydrogens (tertiary/aromatic N) is 5. The zero-order valence-corrected chi connectivity index (χ0v) is 20.8. The van der Waals surface area contributed by atoms with Crippen molar-refractivity contribution in [3.63, 3.8) is 0 Å². The van der Waals surface area contributed by atoms with Crippen LogP contribution < -0.4 is 4.90 Å². The molecule has 0 saturated carbocycles. The molecule has 0 aliphatic carbocycles. The Labute approximate surface area is 224 Å². The molecule has 10 nitrogen and oxygen atoms in total. The molecule has 16 heteroatoms. The number of ether oxygens (including phenoxy) is 1. The number of pyridine rings is 2. The number of anilines is 1. The highest BCUT2D eigenvalue weighted by molar-refractivity contribution is 5.73. The van der Waals surface area contributed by atoms with E-state index in [1.165, 1.54) is 5.56 Å². The van der Waals surface area contributed by atoms with Crippen LogP contribution >= 0.6 is 0 Å². The summed E-state index contributed by atoms with van der Waals surface area (Å²) in [5.74, 6) is -4.64. The highest BCUT2D eigenvalue weighted by Gasteiger charge is 2.41. The minimum atomic E-state index is -5.08. The number of aromatic nitrogens is 2. The Morgan fingerprint density at radius 1 is 1.00 bits per heavy atom. The van der Waals surface area contributed by atoms with Gasteiger partial charge < -0.3 is 19.8 Å². The lowest BCUT2D eigenvalue weighted by atomic mass is 9.90. The lowest BCUT2D eigenvalue weighted by Gasteiger charge is -2.48. The van der Waals surface area contributed by atoms with Crippen LogP contribution in [-0.2, 0) is 20.9 Å². The van der Waals surface area contributed by atoms with Crippen LogP contribution in [0.1, 0.15) is 24.1 Å². The SMILES string of the molecule is N#Cc1cccc(N2CCCC3(CN(Cc4ccncc4)CCO3)C2)n1.O=C(O)C(F)(F)F.O=C(O)C(F)(F)F. The quantitative estimate of drug-likeness (QED) is 0.521. The molecule has 1 spiro atoms. The lowest BCUT2D eigenvalue weighted by molar-refractivity contribution is -0.193. The number of rotatable bonds is 3. The number of hydrogen-bond donors (Lipinski definition) is 2. The van der Waals surface area contributed by atoms with Gasteiger partial charge in [-0.3, -0.25) is 9.88 Å². The van der Waals surface area contributed by atoms with Crippen molar-refractivity contribution >= 4 is 17.8 Å². The van der Waals surface area contributed by atoms with E-state index in [-0.39, 0.29) is 5.60 Å². The molecule has 218 valence electrons. The van der Waals surface area contributed by atoms with E-state index in [1.54, 1.807) is 6.07 Å². The number of nitriles is 1. The third-order valence-electron chi connectivity index (χ3n) is 5.68. The van der Waals surface area contributed by atoms with Gasteiger partial charge in [-0.15, -0.1) is 0 Å². The van der Waals surface area contributed by atoms with E-state index in [0.717, 1.165) is 58.0 Å². The van der Waals surface area contributed by atoms with Gasteiger partial charge in [-0.05, 0) is 42.7 Å². The highest BCUT2D eigenvalue weighted by atomic mass is 19.4. The summed E-state index contributed by atoms with van der Waals surface area (Å²) in [4.78, 5) is 31.1. The van der Waals surface area contributed by atoms with Crippen molar-refractivity contribution in [2.24, 2.45) is 0 Å². The molecule has 2 N–H and O–H groups in total. The average Bonchev–Trinajstić information content (AvgIpc) is 2.89. The molecular weight excluding hydrogens is 552 g/mol. The molecule has 4 rings (SSSR count). The second kappa shape index (κ2) is 13.9. The first-order valence-corrected chi connectivity index (χ1v) is 11.6. The van der Waals surface area contributed by atoms with Gasteiger partial charge in [0.2, 0.25) is 0 Å². The average molecular weight is 577 g/mol. The summed E-state index contributed by atoms with van der Waals surface area (Å²) < 4.78 is 69.8. The summed E-state index contributed by atoms with van der Waals surface area (Å²) >= 11 is 0. The Kier molecular flexibility index (Phi) is 11.2. The Balaban J connectivity index is 0.000000333. The van der Waals surface area contributed by atoms with Crippen LogP contribution in [0.25, 0.3) is 0 Å². The highest BCUT2D eigenvalue weighted by Crippen LogP contribution is 2.31. The van der Waals surface area contributed by atoms with E-state index in [4.69, 9.17) is 29.8 Å². The molecule has 2 aliphatic rings. The monoisotopic (exact) mass is 577 g/mol. The summed E-state index contributed by atoms with van der Waals surface area (Å²) in [6, 6.07) is 11.9. The van der Waals surface area contributed by atoms with E-state index in [9.17, 15) is 26.3 Å². The number of hydrogen-bond acceptors (Lipinski definition) is 8. The van der Waals surface area contributed by atoms with Crippen LogP contribution in [0, 0.1) is 11.3 Å². The zero-order chi connectivity index (χ0) is 30.0. The minimum Gasteiger partial charge on any atom is -0.475 e. The van der Waals surface area contributed by atoms with Gasteiger partial charge >= 0.3 is 24.3 Å². The largest absolute Gasteiger partial charge is 0.490 e. The van der Waals surface area contributed by atoms with Crippen molar-refractivity contribution in [3.05, 3.63) is 54.0 Å². The Hall–Kier alpha value is -3.97. The van der Waals surface area contributed by atoms with Crippen molar-refractivity contribution in [3.8, 4) is 6.07 Å². The number of aliphatic carboxylic acids is 2. The first-order valence-electron chi connectivity index (χ1n) is 11.6. The van der Waals surface area contributed by atoms with Crippen LogP contribution in [0.4, 0.5) is 32.2 Å². The number of morpholine rings is 1. The number of piperidine rings is 1. The molecular formula is C24H25F6N5O5. The molecule has 0 amide bonds. The van der Waals surface area contributed by atoms with Crippen LogP contribution in [0.15, 0.2) is 42.7 Å². The summed E-state index contributed by atoms with van der Waals surface area (Å²) in [5.41, 5.74) is 1.59. The summed E-state index contributed by atoms with van der Waals surface area (Å²) in [6.07, 6.45) is -4.33. The number of halogens is 6. The number of alkyl halides is 6. The van der Waals surface area contributed by atoms with Gasteiger partial charge in [-0.2, -0.15) is 31.6 Å². The molecule has 1 unspecified atom stereocenters. The molecule has 1 atom stereocenters. The second-order valence-corrected chi connectivity index (χ2v) is 8.72. The van der Waals surface area contributed by atoms with Crippen LogP contribution in [0.5, 0.6) is 0 Å². The molecule has 4 heterocycles. The van der Waals surface area contributed by atoms with E-state index < -0.39 is 24.3 Å². The molecule has 2 aliphatic heterocycles. The fraction of sp³-hybridized carbons (Fsp3) is 0.458. The topological polar surface area (TPSA) is 140 Å². The normalized spacial score (nSPS) is 19.4. The number of carbonyl (C=O) groups is 2. The molecule has 0 bridgehead atoms. The van der Waals surface area contributed by atoms with Gasteiger partial charge in [0.25, 0.3) is 0 Å². The number of carboxylic acid groups (broad SMARTS) is 2. The first kappa shape index (κ1) is 32.2.